The molecular weight excluding hydrogens is 368 g/mol. The molecule has 0 saturated heterocycles. The fraction of sp³-hybridized carbons (Fsp3) is 0.150. The van der Waals surface area contributed by atoms with E-state index in [0.29, 0.717) is 16.8 Å². The molecule has 0 radical (unpaired) electrons. The summed E-state index contributed by atoms with van der Waals surface area (Å²) >= 11 is 0. The molecule has 28 heavy (non-hydrogen) atoms. The lowest BCUT2D eigenvalue weighted by Gasteiger charge is -2.17. The molecule has 0 fully saturated rings. The van der Waals surface area contributed by atoms with E-state index < -0.39 is 18.4 Å². The van der Waals surface area contributed by atoms with Gasteiger partial charge in [-0.3, -0.25) is 14.6 Å². The molecule has 0 saturated carbocycles. The fourth-order valence-corrected chi connectivity index (χ4v) is 2.68. The normalized spacial score (nSPS) is 10.7. The van der Waals surface area contributed by atoms with Crippen molar-refractivity contribution in [2.45, 2.75) is 13.2 Å². The molecule has 144 valence electrons. The minimum Gasteiger partial charge on any atom is -0.435 e. The van der Waals surface area contributed by atoms with Gasteiger partial charge in [-0.1, -0.05) is 30.3 Å². The highest BCUT2D eigenvalue weighted by molar-refractivity contribution is 6.40. The van der Waals surface area contributed by atoms with Crippen LogP contribution in [-0.4, -0.2) is 35.4 Å². The number of benzene rings is 2. The van der Waals surface area contributed by atoms with Crippen molar-refractivity contribution in [1.82, 2.24) is 9.88 Å². The number of alkyl halides is 2. The van der Waals surface area contributed by atoms with E-state index in [1.165, 1.54) is 24.1 Å². The van der Waals surface area contributed by atoms with Gasteiger partial charge in [0.25, 0.3) is 0 Å². The lowest BCUT2D eigenvalue weighted by atomic mass is 10.2. The van der Waals surface area contributed by atoms with Crippen molar-refractivity contribution in [3.8, 4) is 5.75 Å². The van der Waals surface area contributed by atoms with Gasteiger partial charge in [0.2, 0.25) is 0 Å². The lowest BCUT2D eigenvalue weighted by Crippen LogP contribution is -2.36. The third kappa shape index (κ3) is 4.59. The number of ether oxygens (including phenoxy) is 1. The molecule has 0 unspecified atom stereocenters. The molecule has 6 nitrogen and oxygen atoms in total. The van der Waals surface area contributed by atoms with Gasteiger partial charge >= 0.3 is 18.4 Å². The number of carbonyl (C=O) groups excluding carboxylic acids is 2. The van der Waals surface area contributed by atoms with Gasteiger partial charge in [0, 0.05) is 25.2 Å². The van der Waals surface area contributed by atoms with E-state index in [4.69, 9.17) is 0 Å². The van der Waals surface area contributed by atoms with E-state index in [9.17, 15) is 18.4 Å². The molecule has 8 heteroatoms. The first-order valence-corrected chi connectivity index (χ1v) is 8.38. The van der Waals surface area contributed by atoms with Crippen molar-refractivity contribution in [3.05, 3.63) is 66.4 Å². The fourth-order valence-electron chi connectivity index (χ4n) is 2.68. The summed E-state index contributed by atoms with van der Waals surface area (Å²) in [4.78, 5) is 30.2. The monoisotopic (exact) mass is 385 g/mol. The zero-order valence-electron chi connectivity index (χ0n) is 14.9. The average Bonchev–Trinajstić information content (AvgIpc) is 2.68. The first kappa shape index (κ1) is 19.2. The van der Waals surface area contributed by atoms with Crippen LogP contribution in [-0.2, 0) is 16.1 Å². The Hall–Kier alpha value is -3.55. The van der Waals surface area contributed by atoms with Crippen LogP contribution in [0.3, 0.4) is 0 Å². The topological polar surface area (TPSA) is 71.5 Å². The maximum Gasteiger partial charge on any atom is 0.387 e. The first-order chi connectivity index (χ1) is 13.4. The van der Waals surface area contributed by atoms with Gasteiger partial charge in [-0.05, 0) is 29.8 Å². The van der Waals surface area contributed by atoms with Gasteiger partial charge < -0.3 is 15.0 Å². The summed E-state index contributed by atoms with van der Waals surface area (Å²) in [7, 11) is 1.48. The molecule has 1 heterocycles. The summed E-state index contributed by atoms with van der Waals surface area (Å²) in [6.07, 6.45) is 1.60. The SMILES string of the molecule is CN(Cc1ccc(OC(F)F)cc1)C(=O)C(=O)Nc1cccc2cccnc12. The Balaban J connectivity index is 1.65. The minimum atomic E-state index is -2.90. The number of amides is 2. The number of likely N-dealkylation sites (N-methyl/N-ethyl adjacent to an activating group) is 1. The molecule has 0 aliphatic carbocycles. The Morgan fingerprint density at radius 1 is 1.11 bits per heavy atom. The number of nitrogens with one attached hydrogen (secondary N) is 1. The van der Waals surface area contributed by atoms with E-state index >= 15 is 0 Å². The Morgan fingerprint density at radius 2 is 1.82 bits per heavy atom. The zero-order valence-corrected chi connectivity index (χ0v) is 14.9. The number of carbonyl (C=O) groups is 2. The summed E-state index contributed by atoms with van der Waals surface area (Å²) < 4.78 is 28.6. The van der Waals surface area contributed by atoms with Crippen molar-refractivity contribution in [1.29, 1.82) is 0 Å². The third-order valence-electron chi connectivity index (χ3n) is 3.99. The summed E-state index contributed by atoms with van der Waals surface area (Å²) in [5.41, 5.74) is 1.69. The van der Waals surface area contributed by atoms with Gasteiger partial charge in [-0.25, -0.2) is 0 Å². The highest BCUT2D eigenvalue weighted by atomic mass is 19.3. The van der Waals surface area contributed by atoms with E-state index in [1.54, 1.807) is 36.5 Å². The molecule has 3 rings (SSSR count). The summed E-state index contributed by atoms with van der Waals surface area (Å²) in [6.45, 7) is -2.77. The van der Waals surface area contributed by atoms with Crippen LogP contribution in [0.2, 0.25) is 0 Å². The minimum absolute atomic E-state index is 0.0222. The number of nitrogens with zero attached hydrogens (tertiary/aromatic N) is 2. The van der Waals surface area contributed by atoms with E-state index in [2.05, 4.69) is 15.0 Å². The molecule has 3 aromatic rings. The molecular formula is C20H17F2N3O3. The highest BCUT2D eigenvalue weighted by Crippen LogP contribution is 2.21. The van der Waals surface area contributed by atoms with Crippen molar-refractivity contribution < 1.29 is 23.1 Å². The Kier molecular flexibility index (Phi) is 5.78. The van der Waals surface area contributed by atoms with Crippen molar-refractivity contribution in [2.24, 2.45) is 0 Å². The van der Waals surface area contributed by atoms with Gasteiger partial charge in [0.05, 0.1) is 11.2 Å². The maximum atomic E-state index is 12.4. The van der Waals surface area contributed by atoms with Gasteiger partial charge in [0.1, 0.15) is 5.75 Å². The van der Waals surface area contributed by atoms with Crippen LogP contribution in [0.15, 0.2) is 60.8 Å². The summed E-state index contributed by atoms with van der Waals surface area (Å²) in [6, 6.07) is 14.8. The smallest absolute Gasteiger partial charge is 0.387 e. The van der Waals surface area contributed by atoms with E-state index in [-0.39, 0.29) is 12.3 Å². The molecule has 0 aliphatic rings. The molecule has 0 spiro atoms. The van der Waals surface area contributed by atoms with Crippen LogP contribution in [0, 0.1) is 0 Å². The van der Waals surface area contributed by atoms with Crippen LogP contribution < -0.4 is 10.1 Å². The van der Waals surface area contributed by atoms with Crippen LogP contribution in [0.5, 0.6) is 5.75 Å². The number of fused-ring (bicyclic) bond motifs is 1. The highest BCUT2D eigenvalue weighted by Gasteiger charge is 2.20. The second-order valence-corrected chi connectivity index (χ2v) is 6.02. The Labute approximate surface area is 159 Å². The molecule has 2 amide bonds. The molecule has 1 N–H and O–H groups in total. The molecule has 0 bridgehead atoms. The standard InChI is InChI=1S/C20H17F2N3O3/c1-25(12-13-7-9-15(10-8-13)28-20(21)22)19(27)18(26)24-16-6-2-4-14-5-3-11-23-17(14)16/h2-11,20H,12H2,1H3,(H,24,26). The number of aromatic nitrogens is 1. The Morgan fingerprint density at radius 3 is 2.54 bits per heavy atom. The number of rotatable bonds is 5. The predicted octanol–water partition coefficient (Wildman–Crippen LogP) is 3.43. The number of halogens is 2. The van der Waals surface area contributed by atoms with Crippen LogP contribution in [0.25, 0.3) is 10.9 Å². The van der Waals surface area contributed by atoms with E-state index in [1.807, 2.05) is 12.1 Å². The maximum absolute atomic E-state index is 12.4. The predicted molar refractivity (Wildman–Crippen MR) is 99.9 cm³/mol. The van der Waals surface area contributed by atoms with Crippen molar-refractivity contribution >= 4 is 28.4 Å². The second kappa shape index (κ2) is 8.43. The number of pyridine rings is 1. The van der Waals surface area contributed by atoms with Crippen LogP contribution >= 0.6 is 0 Å². The van der Waals surface area contributed by atoms with Gasteiger partial charge in [-0.15, -0.1) is 0 Å². The second-order valence-electron chi connectivity index (χ2n) is 6.02. The lowest BCUT2D eigenvalue weighted by molar-refractivity contribution is -0.142. The number of hydrogen-bond acceptors (Lipinski definition) is 4. The molecule has 0 atom stereocenters. The number of anilines is 1. The van der Waals surface area contributed by atoms with Crippen molar-refractivity contribution in [3.63, 3.8) is 0 Å². The average molecular weight is 385 g/mol. The van der Waals surface area contributed by atoms with E-state index in [0.717, 1.165) is 5.39 Å². The first-order valence-electron chi connectivity index (χ1n) is 8.38. The van der Waals surface area contributed by atoms with Crippen LogP contribution in [0.4, 0.5) is 14.5 Å². The quantitative estimate of drug-likeness (QED) is 0.683. The number of para-hydroxylation sites is 1. The van der Waals surface area contributed by atoms with Gasteiger partial charge in [-0.2, -0.15) is 8.78 Å². The summed E-state index contributed by atoms with van der Waals surface area (Å²) in [5, 5.41) is 3.43. The molecule has 2 aromatic carbocycles. The third-order valence-corrected chi connectivity index (χ3v) is 3.99. The summed E-state index contributed by atoms with van der Waals surface area (Å²) in [5.74, 6) is -1.51. The zero-order chi connectivity index (χ0) is 20.1. The largest absolute Gasteiger partial charge is 0.435 e. The molecule has 1 aromatic heterocycles. The number of hydrogen-bond donors (Lipinski definition) is 1. The van der Waals surface area contributed by atoms with Gasteiger partial charge in [0.15, 0.2) is 0 Å². The Bertz CT molecular complexity index is 988. The van der Waals surface area contributed by atoms with Crippen LogP contribution in [0.1, 0.15) is 5.56 Å². The van der Waals surface area contributed by atoms with Crippen molar-refractivity contribution in [2.75, 3.05) is 12.4 Å². The molecule has 0 aliphatic heterocycles.